The molecule has 0 saturated heterocycles. The summed E-state index contributed by atoms with van der Waals surface area (Å²) in [4.78, 5) is 6.99. The second kappa shape index (κ2) is 15.6. The maximum absolute atomic E-state index is 8.46. The van der Waals surface area contributed by atoms with Gasteiger partial charge < -0.3 is 4.89 Å². The zero-order valence-corrected chi connectivity index (χ0v) is 6.79. The van der Waals surface area contributed by atoms with Crippen LogP contribution in [0.15, 0.2) is 0 Å². The van der Waals surface area contributed by atoms with Crippen molar-refractivity contribution in [2.24, 2.45) is 0 Å². The quantitative estimate of drug-likeness (QED) is 0.439. The van der Waals surface area contributed by atoms with Crippen LogP contribution in [0.4, 0.5) is 0 Å². The fraction of sp³-hybridized carbons (Fsp3) is 1.00. The zero-order valence-electron chi connectivity index (χ0n) is 4.74. The summed E-state index contributed by atoms with van der Waals surface area (Å²) in [6.07, 6.45) is 0. The van der Waals surface area contributed by atoms with Gasteiger partial charge in [-0.2, -0.15) is 0 Å². The third-order valence-electron chi connectivity index (χ3n) is 0.418. The van der Waals surface area contributed by atoms with Gasteiger partial charge in [0.05, 0.1) is 0 Å². The molecule has 0 amide bonds. The molecule has 0 saturated carbocycles. The van der Waals surface area contributed by atoms with Crippen molar-refractivity contribution in [3.05, 3.63) is 0 Å². The SMILES string of the molecule is C[CH2][Al+][CH2]O.O=PO. The molecule has 8 heavy (non-hydrogen) atoms. The zero-order chi connectivity index (χ0) is 6.83. The van der Waals surface area contributed by atoms with E-state index in [1.807, 2.05) is 0 Å². The molecule has 0 fully saturated rings. The predicted molar refractivity (Wildman–Crippen MR) is 33.1 cm³/mol. The molecule has 2 N–H and O–H groups in total. The fourth-order valence-corrected chi connectivity index (χ4v) is 0.387. The Kier molecular flexibility index (Phi) is 22.2. The number of aliphatic hydroxyl groups excluding tert-OH is 1. The van der Waals surface area contributed by atoms with Crippen molar-refractivity contribution in [1.82, 2.24) is 0 Å². The van der Waals surface area contributed by atoms with Gasteiger partial charge in [0.1, 0.15) is 0 Å². The van der Waals surface area contributed by atoms with Crippen LogP contribution in [0, 0.1) is 0 Å². The second-order valence-corrected chi connectivity index (χ2v) is 2.88. The molecule has 3 nitrogen and oxygen atoms in total. The van der Waals surface area contributed by atoms with Crippen LogP contribution in [0.1, 0.15) is 6.92 Å². The molecule has 0 aromatic rings. The van der Waals surface area contributed by atoms with E-state index in [0.29, 0.717) is 20.7 Å². The van der Waals surface area contributed by atoms with Crippen LogP contribution in [0.5, 0.6) is 0 Å². The van der Waals surface area contributed by atoms with Crippen molar-refractivity contribution < 1.29 is 14.6 Å². The number of hydrogen-bond donors (Lipinski definition) is 2. The molecular weight excluding hydrogens is 142 g/mol. The van der Waals surface area contributed by atoms with Gasteiger partial charge in [0.15, 0.2) is 0 Å². The largest absolute Gasteiger partial charge is 0.324 e. The molecular formula is C3H9AlO3P+. The Hall–Kier alpha value is 0.552. The molecule has 0 atom stereocenters. The van der Waals surface area contributed by atoms with E-state index in [9.17, 15) is 0 Å². The van der Waals surface area contributed by atoms with Crippen LogP contribution in [-0.2, 0) is 4.57 Å². The summed E-state index contributed by atoms with van der Waals surface area (Å²) in [5.41, 5.74) is 0.427. The molecule has 0 radical (unpaired) electrons. The average Bonchev–Trinajstić information content (AvgIpc) is 1.71. The summed E-state index contributed by atoms with van der Waals surface area (Å²) in [7, 11) is -0.833. The summed E-state index contributed by atoms with van der Waals surface area (Å²) in [6.45, 7) is 2.09. The molecule has 0 rings (SSSR count). The second-order valence-electron chi connectivity index (χ2n) is 0.961. The minimum atomic E-state index is -0.833. The van der Waals surface area contributed by atoms with Crippen molar-refractivity contribution >= 4 is 23.9 Å². The normalized spacial score (nSPS) is 6.88. The third-order valence-corrected chi connectivity index (χ3v) is 1.25. The van der Waals surface area contributed by atoms with E-state index in [-0.39, 0.29) is 0 Å². The Balaban J connectivity index is 0. The van der Waals surface area contributed by atoms with Gasteiger partial charge in [0, 0.05) is 0 Å². The summed E-state index contributed by atoms with van der Waals surface area (Å²) in [6, 6.07) is 0. The van der Waals surface area contributed by atoms with Crippen LogP contribution < -0.4 is 0 Å². The summed E-state index contributed by atoms with van der Waals surface area (Å²) >= 11 is 0.370. The minimum Gasteiger partial charge on any atom is -0.310 e. The Morgan fingerprint density at radius 1 is 1.75 bits per heavy atom. The van der Waals surface area contributed by atoms with Gasteiger partial charge in [0.2, 0.25) is 0 Å². The molecule has 0 aliphatic heterocycles. The molecule has 5 heteroatoms. The topological polar surface area (TPSA) is 57.5 Å². The van der Waals surface area contributed by atoms with E-state index in [1.54, 1.807) is 0 Å². The Morgan fingerprint density at radius 3 is 2.12 bits per heavy atom. The van der Waals surface area contributed by atoms with Crippen LogP contribution in [0.3, 0.4) is 0 Å². The van der Waals surface area contributed by atoms with Crippen molar-refractivity contribution in [1.29, 1.82) is 0 Å². The molecule has 0 aromatic heterocycles. The summed E-state index contributed by atoms with van der Waals surface area (Å²) in [5.74, 6) is 0. The molecule has 0 unspecified atom stereocenters. The van der Waals surface area contributed by atoms with Gasteiger partial charge in [-0.3, -0.25) is 0 Å². The van der Waals surface area contributed by atoms with E-state index in [4.69, 9.17) is 14.6 Å². The van der Waals surface area contributed by atoms with Gasteiger partial charge in [-0.05, 0) is 0 Å². The van der Waals surface area contributed by atoms with Gasteiger partial charge in [0.25, 0.3) is 0 Å². The monoisotopic (exact) mass is 151 g/mol. The van der Waals surface area contributed by atoms with Crippen LogP contribution in [-0.4, -0.2) is 30.7 Å². The van der Waals surface area contributed by atoms with Crippen molar-refractivity contribution in [3.63, 3.8) is 0 Å². The molecule has 0 bridgehead atoms. The number of aliphatic hydroxyl groups is 1. The number of rotatable bonds is 2. The summed E-state index contributed by atoms with van der Waals surface area (Å²) < 4.78 is 8.46. The van der Waals surface area contributed by atoms with Crippen molar-refractivity contribution in [2.45, 2.75) is 12.2 Å². The molecule has 0 aliphatic carbocycles. The van der Waals surface area contributed by atoms with E-state index in [1.165, 1.54) is 5.28 Å². The molecule has 46 valence electrons. The maximum Gasteiger partial charge on any atom is 0.324 e. The van der Waals surface area contributed by atoms with Crippen molar-refractivity contribution in [3.8, 4) is 0 Å². The minimum absolute atomic E-state index is 0.370. The maximum atomic E-state index is 8.46. The van der Waals surface area contributed by atoms with Crippen LogP contribution in [0.25, 0.3) is 0 Å². The van der Waals surface area contributed by atoms with E-state index in [2.05, 4.69) is 6.92 Å². The Bertz CT molecular complexity index is 41.5. The first-order valence-electron chi connectivity index (χ1n) is 2.22. The van der Waals surface area contributed by atoms with Crippen molar-refractivity contribution in [2.75, 3.05) is 5.47 Å². The van der Waals surface area contributed by atoms with Crippen LogP contribution in [0.2, 0.25) is 5.28 Å². The smallest absolute Gasteiger partial charge is 0.310 e. The fourth-order valence-electron chi connectivity index (χ4n) is 0.129. The van der Waals surface area contributed by atoms with Gasteiger partial charge in [-0.1, -0.05) is 0 Å². The molecule has 0 aliphatic rings. The predicted octanol–water partition coefficient (Wildman–Crippen LogP) is 0.264. The van der Waals surface area contributed by atoms with Gasteiger partial charge >= 0.3 is 46.7 Å². The summed E-state index contributed by atoms with van der Waals surface area (Å²) in [5, 5.41) is 9.28. The third kappa shape index (κ3) is 31.0. The number of hydrogen-bond acceptors (Lipinski definition) is 2. The van der Waals surface area contributed by atoms with E-state index >= 15 is 0 Å². The van der Waals surface area contributed by atoms with Gasteiger partial charge in [-0.25, -0.2) is 4.57 Å². The molecule has 0 spiro atoms. The van der Waals surface area contributed by atoms with E-state index < -0.39 is 8.69 Å². The Morgan fingerprint density at radius 2 is 2.12 bits per heavy atom. The first-order chi connectivity index (χ1) is 3.83. The first kappa shape index (κ1) is 11.4. The van der Waals surface area contributed by atoms with Gasteiger partial charge in [-0.15, -0.1) is 0 Å². The van der Waals surface area contributed by atoms with E-state index in [0.717, 1.165) is 0 Å². The molecule has 0 heterocycles. The molecule has 0 aromatic carbocycles. The first-order valence-corrected chi connectivity index (χ1v) is 4.62. The standard InChI is InChI=1S/C2H5.CH3O.Al.HO2P/c2*1-2;;1-3-2/h1H2,2H3;2H,1H2;;(H,1,2)/q;;+1;. The Labute approximate surface area is 56.7 Å². The average molecular weight is 151 g/mol. The van der Waals surface area contributed by atoms with Crippen LogP contribution >= 0.6 is 8.69 Å².